The van der Waals surface area contributed by atoms with Crippen molar-refractivity contribution < 1.29 is 9.13 Å². The van der Waals surface area contributed by atoms with E-state index >= 15 is 0 Å². The highest BCUT2D eigenvalue weighted by Crippen LogP contribution is 2.31. The van der Waals surface area contributed by atoms with E-state index in [1.54, 1.807) is 17.1 Å². The molecule has 21 heavy (non-hydrogen) atoms. The van der Waals surface area contributed by atoms with Crippen LogP contribution in [0.15, 0.2) is 24.5 Å². The van der Waals surface area contributed by atoms with Gasteiger partial charge < -0.3 is 4.74 Å². The number of halogens is 1. The third-order valence-corrected chi connectivity index (χ3v) is 4.45. The highest BCUT2D eigenvalue weighted by atomic mass is 32.1. The highest BCUT2D eigenvalue weighted by Gasteiger charge is 2.20. The molecule has 3 aromatic rings. The summed E-state index contributed by atoms with van der Waals surface area (Å²) in [6.45, 7) is 0.729. The molecule has 4 rings (SSSR count). The summed E-state index contributed by atoms with van der Waals surface area (Å²) in [6, 6.07) is 3.43. The molecule has 108 valence electrons. The van der Waals surface area contributed by atoms with Crippen LogP contribution < -0.4 is 0 Å². The Bertz CT molecular complexity index is 765. The van der Waals surface area contributed by atoms with Gasteiger partial charge in [0.2, 0.25) is 0 Å². The predicted molar refractivity (Wildman–Crippen MR) is 77.4 cm³/mol. The summed E-state index contributed by atoms with van der Waals surface area (Å²) in [6.07, 6.45) is 6.19. The number of ether oxygens (including phenoxy) is 1. The van der Waals surface area contributed by atoms with E-state index in [0.717, 1.165) is 41.8 Å². The Morgan fingerprint density at radius 2 is 2.24 bits per heavy atom. The zero-order valence-electron chi connectivity index (χ0n) is 11.2. The molecule has 0 aliphatic carbocycles. The summed E-state index contributed by atoms with van der Waals surface area (Å²) in [4.78, 5) is 0.841. The number of fused-ring (bicyclic) bond motifs is 1. The number of hydrogen-bond acceptors (Lipinski definition) is 5. The van der Waals surface area contributed by atoms with E-state index < -0.39 is 0 Å². The molecule has 0 spiro atoms. The minimum Gasteiger partial charge on any atom is -0.356 e. The van der Waals surface area contributed by atoms with Crippen LogP contribution in [0.2, 0.25) is 0 Å². The zero-order chi connectivity index (χ0) is 14.2. The molecule has 0 saturated carbocycles. The van der Waals surface area contributed by atoms with E-state index in [2.05, 4.69) is 14.7 Å². The quantitative estimate of drug-likeness (QED) is 0.728. The second kappa shape index (κ2) is 5.16. The summed E-state index contributed by atoms with van der Waals surface area (Å²) in [5.41, 5.74) is 1.53. The largest absolute Gasteiger partial charge is 0.356 e. The van der Waals surface area contributed by atoms with Gasteiger partial charge in [-0.15, -0.1) is 5.10 Å². The lowest BCUT2D eigenvalue weighted by Gasteiger charge is -2.23. The smallest absolute Gasteiger partial charge is 0.150 e. The van der Waals surface area contributed by atoms with Crippen LogP contribution in [-0.2, 0) is 4.74 Å². The topological polar surface area (TPSA) is 52.8 Å². The first-order valence-corrected chi connectivity index (χ1v) is 7.66. The van der Waals surface area contributed by atoms with Gasteiger partial charge in [0.25, 0.3) is 0 Å². The van der Waals surface area contributed by atoms with Crippen LogP contribution in [0, 0.1) is 5.82 Å². The van der Waals surface area contributed by atoms with Crippen LogP contribution in [0.5, 0.6) is 0 Å². The van der Waals surface area contributed by atoms with E-state index in [4.69, 9.17) is 4.74 Å². The lowest BCUT2D eigenvalue weighted by atomic mass is 10.1. The van der Waals surface area contributed by atoms with Crippen molar-refractivity contribution >= 4 is 22.4 Å². The molecule has 1 aliphatic rings. The normalized spacial score (nSPS) is 19.2. The molecule has 1 unspecified atom stereocenters. The maximum Gasteiger partial charge on any atom is 0.150 e. The van der Waals surface area contributed by atoms with Gasteiger partial charge in [0.1, 0.15) is 5.82 Å². The molecule has 0 amide bonds. The van der Waals surface area contributed by atoms with Crippen molar-refractivity contribution in [3.05, 3.63) is 30.3 Å². The monoisotopic (exact) mass is 304 g/mol. The van der Waals surface area contributed by atoms with Crippen molar-refractivity contribution in [2.45, 2.75) is 25.5 Å². The minimum atomic E-state index is -0.280. The Kier molecular flexibility index (Phi) is 3.16. The average molecular weight is 304 g/mol. The van der Waals surface area contributed by atoms with E-state index in [-0.39, 0.29) is 12.0 Å². The Labute approximate surface area is 124 Å². The molecule has 1 saturated heterocycles. The van der Waals surface area contributed by atoms with Crippen LogP contribution in [0.1, 0.15) is 25.5 Å². The molecule has 1 atom stereocenters. The molecule has 0 radical (unpaired) electrons. The molecule has 1 aliphatic heterocycles. The number of rotatable bonds is 2. The van der Waals surface area contributed by atoms with Gasteiger partial charge in [0.15, 0.2) is 6.23 Å². The molecule has 1 aromatic carbocycles. The van der Waals surface area contributed by atoms with Crippen LogP contribution in [0.25, 0.3) is 21.3 Å². The molecule has 5 nitrogen and oxygen atoms in total. The van der Waals surface area contributed by atoms with Crippen LogP contribution in [0.3, 0.4) is 0 Å². The molecule has 2 aromatic heterocycles. The Hall–Kier alpha value is -1.86. The summed E-state index contributed by atoms with van der Waals surface area (Å²) in [5, 5.41) is 8.65. The van der Waals surface area contributed by atoms with Gasteiger partial charge in [-0.2, -0.15) is 5.10 Å². The molecule has 0 bridgehead atoms. The van der Waals surface area contributed by atoms with Crippen molar-refractivity contribution in [1.82, 2.24) is 19.4 Å². The Morgan fingerprint density at radius 1 is 1.29 bits per heavy atom. The third-order valence-electron chi connectivity index (χ3n) is 3.74. The van der Waals surface area contributed by atoms with E-state index in [0.29, 0.717) is 5.39 Å². The number of aromatic nitrogens is 4. The number of nitrogens with zero attached hydrogens (tertiary/aromatic N) is 4. The molecular formula is C14H13FN4OS. The maximum atomic E-state index is 14.3. The summed E-state index contributed by atoms with van der Waals surface area (Å²) >= 11 is 1.25. The van der Waals surface area contributed by atoms with Gasteiger partial charge in [0, 0.05) is 6.61 Å². The molecular weight excluding hydrogens is 291 g/mol. The van der Waals surface area contributed by atoms with E-state index in [1.165, 1.54) is 17.6 Å². The molecule has 1 fully saturated rings. The SMILES string of the molecule is Fc1cc(-c2cnns2)cc2c1cnn2C1CCCCO1. The van der Waals surface area contributed by atoms with Crippen molar-refractivity contribution in [3.8, 4) is 10.4 Å². The van der Waals surface area contributed by atoms with Gasteiger partial charge in [0.05, 0.1) is 28.2 Å². The van der Waals surface area contributed by atoms with Crippen molar-refractivity contribution in [3.63, 3.8) is 0 Å². The van der Waals surface area contributed by atoms with Crippen molar-refractivity contribution in [2.75, 3.05) is 6.61 Å². The summed E-state index contributed by atoms with van der Waals surface area (Å²) in [7, 11) is 0. The predicted octanol–water partition coefficient (Wildman–Crippen LogP) is 3.39. The van der Waals surface area contributed by atoms with E-state index in [1.807, 2.05) is 6.07 Å². The van der Waals surface area contributed by atoms with Gasteiger partial charge in [-0.3, -0.25) is 0 Å². The second-order valence-electron chi connectivity index (χ2n) is 5.08. The fourth-order valence-electron chi connectivity index (χ4n) is 2.69. The molecule has 0 N–H and O–H groups in total. The fourth-order valence-corrected chi connectivity index (χ4v) is 3.19. The fraction of sp³-hybridized carbons (Fsp3) is 0.357. The summed E-state index contributed by atoms with van der Waals surface area (Å²) in [5.74, 6) is -0.280. The first-order valence-electron chi connectivity index (χ1n) is 6.89. The van der Waals surface area contributed by atoms with E-state index in [9.17, 15) is 4.39 Å². The van der Waals surface area contributed by atoms with Crippen LogP contribution in [0.4, 0.5) is 4.39 Å². The average Bonchev–Trinajstić information content (AvgIpc) is 3.18. The zero-order valence-corrected chi connectivity index (χ0v) is 12.0. The number of benzene rings is 1. The maximum absolute atomic E-state index is 14.3. The Morgan fingerprint density at radius 3 is 3.00 bits per heavy atom. The summed E-state index contributed by atoms with van der Waals surface area (Å²) < 4.78 is 25.7. The lowest BCUT2D eigenvalue weighted by Crippen LogP contribution is -2.18. The lowest BCUT2D eigenvalue weighted by molar-refractivity contribution is -0.0366. The first-order chi connectivity index (χ1) is 10.3. The molecule has 3 heterocycles. The van der Waals surface area contributed by atoms with Gasteiger partial charge in [-0.25, -0.2) is 9.07 Å². The van der Waals surface area contributed by atoms with Crippen LogP contribution >= 0.6 is 11.5 Å². The number of hydrogen-bond donors (Lipinski definition) is 0. The van der Waals surface area contributed by atoms with Gasteiger partial charge in [-0.1, -0.05) is 4.49 Å². The standard InChI is InChI=1S/C14H13FN4OS/c15-11-5-9(13-8-16-18-21-13)6-12-10(11)7-17-19(12)14-3-1-2-4-20-14/h5-8,14H,1-4H2. The third kappa shape index (κ3) is 2.22. The second-order valence-corrected chi connectivity index (χ2v) is 5.87. The highest BCUT2D eigenvalue weighted by molar-refractivity contribution is 7.09. The van der Waals surface area contributed by atoms with Gasteiger partial charge >= 0.3 is 0 Å². The van der Waals surface area contributed by atoms with Gasteiger partial charge in [-0.05, 0) is 48.5 Å². The molecule has 7 heteroatoms. The first kappa shape index (κ1) is 12.8. The van der Waals surface area contributed by atoms with Crippen molar-refractivity contribution in [2.24, 2.45) is 0 Å². The minimum absolute atomic E-state index is 0.106. The van der Waals surface area contributed by atoms with Crippen molar-refractivity contribution in [1.29, 1.82) is 0 Å². The Balaban J connectivity index is 1.85. The van der Waals surface area contributed by atoms with Crippen LogP contribution in [-0.4, -0.2) is 26.0 Å².